The van der Waals surface area contributed by atoms with E-state index in [0.29, 0.717) is 23.0 Å². The van der Waals surface area contributed by atoms with Crippen molar-refractivity contribution in [2.75, 3.05) is 41.1 Å². The monoisotopic (exact) mass is 286 g/mol. The van der Waals surface area contributed by atoms with Gasteiger partial charge in [-0.1, -0.05) is 6.92 Å². The third-order valence-corrected chi connectivity index (χ3v) is 5.04. The van der Waals surface area contributed by atoms with Crippen LogP contribution in [0.25, 0.3) is 0 Å². The molecule has 0 rings (SSSR count). The Morgan fingerprint density at radius 1 is 0.875 bits per heavy atom. The van der Waals surface area contributed by atoms with Crippen molar-refractivity contribution in [3.8, 4) is 0 Å². The molecule has 2 unspecified atom stereocenters. The van der Waals surface area contributed by atoms with Crippen LogP contribution >= 0.6 is 35.3 Å². The van der Waals surface area contributed by atoms with Crippen LogP contribution in [0, 0.1) is 0 Å². The Balaban J connectivity index is 3.28. The van der Waals surface area contributed by atoms with E-state index in [-0.39, 0.29) is 18.8 Å². The summed E-state index contributed by atoms with van der Waals surface area (Å²) in [5, 5.41) is 27.7. The van der Waals surface area contributed by atoms with E-state index in [1.165, 1.54) is 0 Å². The Bertz CT molecular complexity index is 149. The summed E-state index contributed by atoms with van der Waals surface area (Å²) < 4.78 is 0. The number of aliphatic hydroxyl groups is 3. The summed E-state index contributed by atoms with van der Waals surface area (Å²) in [5.74, 6) is 4.49. The lowest BCUT2D eigenvalue weighted by Gasteiger charge is -2.12. The van der Waals surface area contributed by atoms with Crippen LogP contribution in [-0.4, -0.2) is 68.7 Å². The average Bonchev–Trinajstić information content (AvgIpc) is 2.26. The summed E-state index contributed by atoms with van der Waals surface area (Å²) in [7, 11) is 0. The van der Waals surface area contributed by atoms with Gasteiger partial charge < -0.3 is 15.3 Å². The number of hydrogen-bond donors (Lipinski definition) is 3. The van der Waals surface area contributed by atoms with E-state index in [1.807, 2.05) is 0 Å². The van der Waals surface area contributed by atoms with Crippen LogP contribution in [0.2, 0.25) is 0 Å². The molecule has 16 heavy (non-hydrogen) atoms. The van der Waals surface area contributed by atoms with Crippen LogP contribution in [0.5, 0.6) is 0 Å². The van der Waals surface area contributed by atoms with E-state index >= 15 is 0 Å². The molecule has 0 aromatic rings. The Morgan fingerprint density at radius 2 is 1.38 bits per heavy atom. The fourth-order valence-electron chi connectivity index (χ4n) is 0.974. The highest BCUT2D eigenvalue weighted by molar-refractivity contribution is 8.00. The van der Waals surface area contributed by atoms with Crippen LogP contribution < -0.4 is 0 Å². The Labute approximate surface area is 111 Å². The molecule has 0 spiro atoms. The highest BCUT2D eigenvalue weighted by Gasteiger charge is 2.07. The van der Waals surface area contributed by atoms with Crippen LogP contribution in [-0.2, 0) is 0 Å². The van der Waals surface area contributed by atoms with E-state index in [2.05, 4.69) is 6.92 Å². The third-order valence-electron chi connectivity index (χ3n) is 1.68. The average molecular weight is 286 g/mol. The van der Waals surface area contributed by atoms with E-state index < -0.39 is 0 Å². The van der Waals surface area contributed by atoms with Crippen molar-refractivity contribution in [3.63, 3.8) is 0 Å². The quantitative estimate of drug-likeness (QED) is 0.491. The molecule has 98 valence electrons. The number of hydrogen-bond acceptors (Lipinski definition) is 6. The zero-order valence-electron chi connectivity index (χ0n) is 9.67. The van der Waals surface area contributed by atoms with Crippen molar-refractivity contribution in [3.05, 3.63) is 0 Å². The minimum atomic E-state index is -0.340. The molecule has 0 heterocycles. The highest BCUT2D eigenvalue weighted by atomic mass is 32.2. The minimum Gasteiger partial charge on any atom is -0.396 e. The summed E-state index contributed by atoms with van der Waals surface area (Å²) >= 11 is 4.88. The van der Waals surface area contributed by atoms with Gasteiger partial charge in [0.05, 0.1) is 18.8 Å². The number of aliphatic hydroxyl groups excluding tert-OH is 3. The van der Waals surface area contributed by atoms with Gasteiger partial charge in [0.1, 0.15) is 0 Å². The Hall–Kier alpha value is 0.930. The molecule has 0 fully saturated rings. The Kier molecular flexibility index (Phi) is 13.1. The van der Waals surface area contributed by atoms with E-state index in [9.17, 15) is 10.2 Å². The second-order valence-corrected chi connectivity index (χ2v) is 6.85. The van der Waals surface area contributed by atoms with Gasteiger partial charge in [-0.2, -0.15) is 35.3 Å². The summed E-state index contributed by atoms with van der Waals surface area (Å²) in [6, 6.07) is 0. The summed E-state index contributed by atoms with van der Waals surface area (Å²) in [6.07, 6.45) is -0.611. The van der Waals surface area contributed by atoms with Gasteiger partial charge in [-0.3, -0.25) is 0 Å². The molecule has 0 aliphatic carbocycles. The van der Waals surface area contributed by atoms with Crippen molar-refractivity contribution in [2.24, 2.45) is 0 Å². The van der Waals surface area contributed by atoms with Gasteiger partial charge in [-0.15, -0.1) is 0 Å². The molecule has 0 bridgehead atoms. The molecule has 0 saturated heterocycles. The van der Waals surface area contributed by atoms with Gasteiger partial charge in [0.15, 0.2) is 0 Å². The smallest absolute Gasteiger partial charge is 0.0720 e. The molecule has 0 aliphatic heterocycles. The standard InChI is InChI=1S/C10H22O3S3/c1-2-14-5-9(12)7-16-8-10(13)6-15-4-3-11/h9-13H,2-8H2,1H3. The summed E-state index contributed by atoms with van der Waals surface area (Å²) in [5.41, 5.74) is 0. The van der Waals surface area contributed by atoms with E-state index in [0.717, 1.165) is 11.5 Å². The zero-order valence-corrected chi connectivity index (χ0v) is 12.1. The molecule has 0 aromatic carbocycles. The molecule has 0 radical (unpaired) electrons. The first-order chi connectivity index (χ1) is 7.70. The van der Waals surface area contributed by atoms with Gasteiger partial charge in [-0.05, 0) is 5.75 Å². The lowest BCUT2D eigenvalue weighted by atomic mass is 10.5. The first kappa shape index (κ1) is 16.9. The van der Waals surface area contributed by atoms with Crippen LogP contribution in [0.4, 0.5) is 0 Å². The molecule has 0 saturated carbocycles. The lowest BCUT2D eigenvalue weighted by Crippen LogP contribution is -2.18. The predicted molar refractivity (Wildman–Crippen MR) is 76.7 cm³/mol. The first-order valence-corrected chi connectivity index (χ1v) is 8.87. The lowest BCUT2D eigenvalue weighted by molar-refractivity contribution is 0.220. The number of thioether (sulfide) groups is 3. The molecule has 6 heteroatoms. The third kappa shape index (κ3) is 11.4. The molecule has 3 nitrogen and oxygen atoms in total. The molecule has 0 amide bonds. The fourth-order valence-corrected chi connectivity index (χ4v) is 3.50. The summed E-state index contributed by atoms with van der Waals surface area (Å²) in [6.45, 7) is 2.24. The van der Waals surface area contributed by atoms with Gasteiger partial charge in [0.25, 0.3) is 0 Å². The van der Waals surface area contributed by atoms with Crippen LogP contribution in [0.15, 0.2) is 0 Å². The SMILES string of the molecule is CCSCC(O)CSCC(O)CSCCO. The second-order valence-electron chi connectivity index (χ2n) is 3.30. The van der Waals surface area contributed by atoms with Crippen LogP contribution in [0.3, 0.4) is 0 Å². The molecular weight excluding hydrogens is 264 g/mol. The zero-order chi connectivity index (χ0) is 12.2. The second kappa shape index (κ2) is 12.4. The van der Waals surface area contributed by atoms with Crippen molar-refractivity contribution >= 4 is 35.3 Å². The van der Waals surface area contributed by atoms with Gasteiger partial charge >= 0.3 is 0 Å². The minimum absolute atomic E-state index is 0.164. The largest absolute Gasteiger partial charge is 0.396 e. The maximum absolute atomic E-state index is 9.55. The maximum atomic E-state index is 9.55. The molecular formula is C10H22O3S3. The number of rotatable bonds is 11. The fraction of sp³-hybridized carbons (Fsp3) is 1.00. The van der Waals surface area contributed by atoms with Crippen LogP contribution in [0.1, 0.15) is 6.92 Å². The predicted octanol–water partition coefficient (Wildman–Crippen LogP) is 0.920. The van der Waals surface area contributed by atoms with Gasteiger partial charge in [0.2, 0.25) is 0 Å². The molecule has 0 aromatic heterocycles. The van der Waals surface area contributed by atoms with Crippen molar-refractivity contribution in [1.29, 1.82) is 0 Å². The normalized spacial score (nSPS) is 15.0. The van der Waals surface area contributed by atoms with Gasteiger partial charge in [-0.25, -0.2) is 0 Å². The maximum Gasteiger partial charge on any atom is 0.0720 e. The van der Waals surface area contributed by atoms with E-state index in [4.69, 9.17) is 5.11 Å². The topological polar surface area (TPSA) is 60.7 Å². The van der Waals surface area contributed by atoms with Crippen molar-refractivity contribution in [2.45, 2.75) is 19.1 Å². The molecule has 2 atom stereocenters. The molecule has 0 aliphatic rings. The highest BCUT2D eigenvalue weighted by Crippen LogP contribution is 2.12. The summed E-state index contributed by atoms with van der Waals surface area (Å²) in [4.78, 5) is 0. The first-order valence-electron chi connectivity index (χ1n) is 5.40. The van der Waals surface area contributed by atoms with Crippen molar-refractivity contribution in [1.82, 2.24) is 0 Å². The Morgan fingerprint density at radius 3 is 1.88 bits per heavy atom. The van der Waals surface area contributed by atoms with E-state index in [1.54, 1.807) is 35.3 Å². The molecule has 3 N–H and O–H groups in total. The van der Waals surface area contributed by atoms with Crippen molar-refractivity contribution < 1.29 is 15.3 Å². The van der Waals surface area contributed by atoms with Gasteiger partial charge in [0, 0.05) is 28.8 Å².